The molecule has 1 heterocycles. The summed E-state index contributed by atoms with van der Waals surface area (Å²) < 4.78 is 21.0. The van der Waals surface area contributed by atoms with Crippen molar-refractivity contribution in [3.63, 3.8) is 0 Å². The van der Waals surface area contributed by atoms with E-state index < -0.39 is 11.0 Å². The zero-order chi connectivity index (χ0) is 16.2. The van der Waals surface area contributed by atoms with Gasteiger partial charge in [-0.3, -0.25) is 0 Å². The number of rotatable bonds is 6. The second kappa shape index (κ2) is 7.07. The second-order valence-corrected chi connectivity index (χ2v) is 8.16. The van der Waals surface area contributed by atoms with E-state index in [0.29, 0.717) is 0 Å². The molecule has 0 aliphatic heterocycles. The summed E-state index contributed by atoms with van der Waals surface area (Å²) in [6.45, 7) is 9.79. The quantitative estimate of drug-likeness (QED) is 0.805. The molecule has 0 amide bonds. The number of benzene rings is 1. The fourth-order valence-electron chi connectivity index (χ4n) is 2.21. The summed E-state index contributed by atoms with van der Waals surface area (Å²) in [6.07, 6.45) is 3.50. The third-order valence-electron chi connectivity index (χ3n) is 3.44. The average molecular weight is 317 g/mol. The molecule has 0 radical (unpaired) electrons. The molecule has 1 aromatic heterocycles. The van der Waals surface area contributed by atoms with Crippen LogP contribution in [0.2, 0.25) is 0 Å². The molecular weight excluding hydrogens is 294 g/mol. The van der Waals surface area contributed by atoms with Gasteiger partial charge in [0.25, 0.3) is 0 Å². The molecule has 2 rings (SSSR count). The summed E-state index contributed by atoms with van der Waals surface area (Å²) >= 11 is 0. The number of nitrogens with one attached hydrogen (secondary N) is 1. The van der Waals surface area contributed by atoms with Crippen LogP contribution in [0.4, 0.5) is 0 Å². The van der Waals surface area contributed by atoms with Crippen LogP contribution in [0.5, 0.6) is 0 Å². The zero-order valence-electron chi connectivity index (χ0n) is 13.3. The lowest BCUT2D eigenvalue weighted by atomic mass is 9.91. The maximum Gasteiger partial charge on any atom is 0.122 e. The standard InChI is InChI=1S/C18H23NO2S/c1-5-15(14-10-7-6-8-11-14)17(16-12-9-13-21-16)19-22(20)18(2,3)4/h5-13,15,17,19H,1H2,2-4H3/t15-,17-,22-/m0/s1. The Morgan fingerprint density at radius 2 is 1.86 bits per heavy atom. The number of hydrogen-bond acceptors (Lipinski definition) is 2. The molecule has 118 valence electrons. The molecule has 2 aromatic rings. The molecule has 0 saturated carbocycles. The van der Waals surface area contributed by atoms with Gasteiger partial charge in [-0.2, -0.15) is 0 Å². The van der Waals surface area contributed by atoms with E-state index in [-0.39, 0.29) is 16.7 Å². The first-order valence-corrected chi connectivity index (χ1v) is 8.47. The molecule has 0 unspecified atom stereocenters. The van der Waals surface area contributed by atoms with Crippen LogP contribution in [0.3, 0.4) is 0 Å². The van der Waals surface area contributed by atoms with Crippen LogP contribution in [0.25, 0.3) is 0 Å². The first kappa shape index (κ1) is 16.7. The van der Waals surface area contributed by atoms with Crippen molar-refractivity contribution < 1.29 is 8.63 Å². The van der Waals surface area contributed by atoms with E-state index in [1.807, 2.05) is 69.3 Å². The Morgan fingerprint density at radius 3 is 2.36 bits per heavy atom. The Labute approximate surface area is 135 Å². The highest BCUT2D eigenvalue weighted by atomic mass is 32.2. The van der Waals surface area contributed by atoms with Gasteiger partial charge < -0.3 is 4.42 Å². The van der Waals surface area contributed by atoms with Crippen LogP contribution in [-0.2, 0) is 11.0 Å². The molecule has 0 bridgehead atoms. The van der Waals surface area contributed by atoms with Gasteiger partial charge in [0.05, 0.1) is 28.0 Å². The molecule has 1 aromatic carbocycles. The number of furan rings is 1. The molecule has 3 nitrogen and oxygen atoms in total. The Morgan fingerprint density at radius 1 is 1.18 bits per heavy atom. The van der Waals surface area contributed by atoms with Crippen LogP contribution in [0.1, 0.15) is 44.1 Å². The van der Waals surface area contributed by atoms with Gasteiger partial charge in [0.1, 0.15) is 5.76 Å². The lowest BCUT2D eigenvalue weighted by Gasteiger charge is -2.27. The van der Waals surface area contributed by atoms with E-state index in [1.165, 1.54) is 0 Å². The largest absolute Gasteiger partial charge is 0.468 e. The van der Waals surface area contributed by atoms with Crippen LogP contribution >= 0.6 is 0 Å². The summed E-state index contributed by atoms with van der Waals surface area (Å²) in [5.74, 6) is 0.727. The van der Waals surface area contributed by atoms with E-state index in [4.69, 9.17) is 4.42 Å². The summed E-state index contributed by atoms with van der Waals surface area (Å²) in [4.78, 5) is 0. The Balaban J connectivity index is 2.36. The number of hydrogen-bond donors (Lipinski definition) is 1. The minimum absolute atomic E-state index is 0.0290. The molecule has 0 aliphatic carbocycles. The minimum Gasteiger partial charge on any atom is -0.468 e. The van der Waals surface area contributed by atoms with E-state index in [1.54, 1.807) is 6.26 Å². The van der Waals surface area contributed by atoms with Crippen molar-refractivity contribution in [2.75, 3.05) is 0 Å². The molecule has 0 fully saturated rings. The van der Waals surface area contributed by atoms with Crippen molar-refractivity contribution in [2.24, 2.45) is 0 Å². The van der Waals surface area contributed by atoms with Gasteiger partial charge in [0.2, 0.25) is 0 Å². The Bertz CT molecular complexity index is 614. The molecule has 1 N–H and O–H groups in total. The fourth-order valence-corrected chi connectivity index (χ4v) is 3.06. The van der Waals surface area contributed by atoms with Crippen molar-refractivity contribution in [1.29, 1.82) is 0 Å². The third-order valence-corrected chi connectivity index (χ3v) is 5.02. The van der Waals surface area contributed by atoms with E-state index in [0.717, 1.165) is 11.3 Å². The molecule has 4 heteroatoms. The van der Waals surface area contributed by atoms with Crippen molar-refractivity contribution in [2.45, 2.75) is 37.5 Å². The normalized spacial score (nSPS) is 16.0. The molecule has 22 heavy (non-hydrogen) atoms. The molecule has 0 aliphatic rings. The molecular formula is C18H23NO2S. The van der Waals surface area contributed by atoms with Gasteiger partial charge in [-0.1, -0.05) is 36.4 Å². The SMILES string of the molecule is C=C[C@@H](c1ccccc1)[C@H](N[S@@](=O)C(C)(C)C)c1ccco1. The monoisotopic (exact) mass is 317 g/mol. The Kier molecular flexibility index (Phi) is 5.37. The lowest BCUT2D eigenvalue weighted by molar-refractivity contribution is 0.429. The van der Waals surface area contributed by atoms with Gasteiger partial charge >= 0.3 is 0 Å². The van der Waals surface area contributed by atoms with Crippen LogP contribution in [0.15, 0.2) is 65.8 Å². The second-order valence-electron chi connectivity index (χ2n) is 6.16. The highest BCUT2D eigenvalue weighted by molar-refractivity contribution is 7.84. The first-order chi connectivity index (χ1) is 10.4. The Hall–Kier alpha value is -1.65. The predicted octanol–water partition coefficient (Wildman–Crippen LogP) is 4.34. The predicted molar refractivity (Wildman–Crippen MR) is 91.9 cm³/mol. The zero-order valence-corrected chi connectivity index (χ0v) is 14.1. The van der Waals surface area contributed by atoms with Gasteiger partial charge in [-0.25, -0.2) is 8.93 Å². The summed E-state index contributed by atoms with van der Waals surface area (Å²) in [5.41, 5.74) is 1.11. The third kappa shape index (κ3) is 3.96. The maximum atomic E-state index is 12.5. The minimum atomic E-state index is -1.21. The molecule has 0 spiro atoms. The lowest BCUT2D eigenvalue weighted by Crippen LogP contribution is -2.37. The summed E-state index contributed by atoms with van der Waals surface area (Å²) in [6, 6.07) is 13.6. The fraction of sp³-hybridized carbons (Fsp3) is 0.333. The van der Waals surface area contributed by atoms with E-state index in [9.17, 15) is 4.21 Å². The van der Waals surface area contributed by atoms with Gasteiger partial charge in [0, 0.05) is 5.92 Å². The molecule has 0 saturated heterocycles. The summed E-state index contributed by atoms with van der Waals surface area (Å²) in [7, 11) is -1.21. The highest BCUT2D eigenvalue weighted by Gasteiger charge is 2.30. The van der Waals surface area contributed by atoms with Crippen LogP contribution in [-0.4, -0.2) is 8.96 Å². The van der Waals surface area contributed by atoms with Gasteiger partial charge in [0.15, 0.2) is 0 Å². The van der Waals surface area contributed by atoms with Crippen molar-refractivity contribution in [3.8, 4) is 0 Å². The average Bonchev–Trinajstić information content (AvgIpc) is 3.01. The first-order valence-electron chi connectivity index (χ1n) is 7.32. The van der Waals surface area contributed by atoms with Crippen molar-refractivity contribution in [1.82, 2.24) is 4.72 Å². The molecule has 3 atom stereocenters. The summed E-state index contributed by atoms with van der Waals surface area (Å²) in [5, 5.41) is 0. The van der Waals surface area contributed by atoms with Gasteiger partial charge in [-0.05, 0) is 38.5 Å². The highest BCUT2D eigenvalue weighted by Crippen LogP contribution is 2.33. The topological polar surface area (TPSA) is 42.2 Å². The van der Waals surface area contributed by atoms with Crippen molar-refractivity contribution in [3.05, 3.63) is 72.7 Å². The van der Waals surface area contributed by atoms with Gasteiger partial charge in [-0.15, -0.1) is 6.58 Å². The smallest absolute Gasteiger partial charge is 0.122 e. The van der Waals surface area contributed by atoms with Crippen LogP contribution < -0.4 is 4.72 Å². The van der Waals surface area contributed by atoms with E-state index in [2.05, 4.69) is 11.3 Å². The van der Waals surface area contributed by atoms with E-state index >= 15 is 0 Å². The van der Waals surface area contributed by atoms with Crippen molar-refractivity contribution >= 4 is 11.0 Å². The van der Waals surface area contributed by atoms with Crippen LogP contribution in [0, 0.1) is 0 Å². The maximum absolute atomic E-state index is 12.5.